The van der Waals surface area contributed by atoms with Crippen LogP contribution in [0.25, 0.3) is 11.6 Å². The number of aryl methyl sites for hydroxylation is 1. The van der Waals surface area contributed by atoms with Gasteiger partial charge in [-0.2, -0.15) is 4.80 Å². The number of nitrogens with zero attached hydrogens (tertiary/aromatic N) is 4. The number of nitrogens with two attached hydrogens (primary N) is 1. The standard InChI is InChI=1S/C9H12N6O2/c10-11-8(16)4-1-5-15-13-9(12-14-15)7-3-2-6-17-7/h2-3,6H,1,4-5,10H2,(H,11,16). The van der Waals surface area contributed by atoms with Crippen molar-refractivity contribution in [2.45, 2.75) is 19.4 Å². The lowest BCUT2D eigenvalue weighted by Crippen LogP contribution is -2.29. The molecule has 3 N–H and O–H groups in total. The third-order valence-corrected chi connectivity index (χ3v) is 2.12. The van der Waals surface area contributed by atoms with Crippen LogP contribution in [0.2, 0.25) is 0 Å². The van der Waals surface area contributed by atoms with Gasteiger partial charge in [0.25, 0.3) is 0 Å². The van der Waals surface area contributed by atoms with Gasteiger partial charge in [-0.05, 0) is 23.8 Å². The topological polar surface area (TPSA) is 112 Å². The van der Waals surface area contributed by atoms with Crippen LogP contribution < -0.4 is 11.3 Å². The highest BCUT2D eigenvalue weighted by Gasteiger charge is 2.08. The lowest BCUT2D eigenvalue weighted by molar-refractivity contribution is -0.121. The summed E-state index contributed by atoms with van der Waals surface area (Å²) >= 11 is 0. The molecule has 17 heavy (non-hydrogen) atoms. The number of carbonyl (C=O) groups excluding carboxylic acids is 1. The van der Waals surface area contributed by atoms with E-state index in [1.165, 1.54) is 4.80 Å². The number of nitrogens with one attached hydrogen (secondary N) is 1. The van der Waals surface area contributed by atoms with E-state index in [4.69, 9.17) is 10.3 Å². The van der Waals surface area contributed by atoms with Gasteiger partial charge in [-0.15, -0.1) is 10.2 Å². The molecular weight excluding hydrogens is 224 g/mol. The van der Waals surface area contributed by atoms with Gasteiger partial charge in [-0.1, -0.05) is 0 Å². The van der Waals surface area contributed by atoms with Gasteiger partial charge in [-0.25, -0.2) is 5.84 Å². The number of hydrogen-bond acceptors (Lipinski definition) is 6. The Morgan fingerprint density at radius 1 is 1.59 bits per heavy atom. The minimum absolute atomic E-state index is 0.212. The van der Waals surface area contributed by atoms with Gasteiger partial charge >= 0.3 is 0 Å². The number of tetrazole rings is 1. The molecule has 0 aliphatic heterocycles. The fourth-order valence-corrected chi connectivity index (χ4v) is 1.30. The van der Waals surface area contributed by atoms with Gasteiger partial charge in [0.1, 0.15) is 0 Å². The Labute approximate surface area is 96.7 Å². The second kappa shape index (κ2) is 5.21. The predicted molar refractivity (Wildman–Crippen MR) is 57.1 cm³/mol. The van der Waals surface area contributed by atoms with Gasteiger partial charge in [-0.3, -0.25) is 10.2 Å². The normalized spacial score (nSPS) is 10.4. The van der Waals surface area contributed by atoms with Gasteiger partial charge in [0.05, 0.1) is 12.8 Å². The molecule has 2 rings (SSSR count). The minimum atomic E-state index is -0.212. The molecule has 0 atom stereocenters. The van der Waals surface area contributed by atoms with Crippen LogP contribution in [0.5, 0.6) is 0 Å². The first-order chi connectivity index (χ1) is 8.29. The monoisotopic (exact) mass is 236 g/mol. The quantitative estimate of drug-likeness (QED) is 0.419. The second-order valence-electron chi connectivity index (χ2n) is 3.36. The zero-order valence-corrected chi connectivity index (χ0v) is 9.04. The zero-order chi connectivity index (χ0) is 12.1. The molecule has 0 spiro atoms. The van der Waals surface area contributed by atoms with E-state index in [1.54, 1.807) is 18.4 Å². The molecule has 0 unspecified atom stereocenters. The van der Waals surface area contributed by atoms with Crippen LogP contribution in [0.4, 0.5) is 0 Å². The molecule has 0 saturated heterocycles. The van der Waals surface area contributed by atoms with Crippen LogP contribution in [0.3, 0.4) is 0 Å². The van der Waals surface area contributed by atoms with Gasteiger partial charge in [0, 0.05) is 6.42 Å². The molecule has 8 heteroatoms. The highest BCUT2D eigenvalue weighted by atomic mass is 16.3. The van der Waals surface area contributed by atoms with Crippen molar-refractivity contribution in [3.05, 3.63) is 18.4 Å². The molecule has 2 heterocycles. The lowest BCUT2D eigenvalue weighted by Gasteiger charge is -1.98. The third-order valence-electron chi connectivity index (χ3n) is 2.12. The maximum Gasteiger partial charge on any atom is 0.240 e. The predicted octanol–water partition coefficient (Wildman–Crippen LogP) is -0.297. The van der Waals surface area contributed by atoms with Crippen LogP contribution in [-0.4, -0.2) is 26.1 Å². The number of carbonyl (C=O) groups is 1. The van der Waals surface area contributed by atoms with Crippen molar-refractivity contribution in [2.24, 2.45) is 5.84 Å². The first-order valence-corrected chi connectivity index (χ1v) is 5.10. The van der Waals surface area contributed by atoms with E-state index in [9.17, 15) is 4.79 Å². The Bertz CT molecular complexity index is 477. The summed E-state index contributed by atoms with van der Waals surface area (Å²) in [6, 6.07) is 3.50. The molecule has 2 aromatic heterocycles. The number of aromatic nitrogens is 4. The molecule has 0 bridgehead atoms. The average Bonchev–Trinajstić information content (AvgIpc) is 2.98. The lowest BCUT2D eigenvalue weighted by atomic mass is 10.3. The van der Waals surface area contributed by atoms with E-state index < -0.39 is 0 Å². The summed E-state index contributed by atoms with van der Waals surface area (Å²) in [6.07, 6.45) is 2.47. The van der Waals surface area contributed by atoms with E-state index in [0.717, 1.165) is 0 Å². The van der Waals surface area contributed by atoms with Gasteiger partial charge in [0.15, 0.2) is 5.76 Å². The van der Waals surface area contributed by atoms with Crippen molar-refractivity contribution in [3.63, 3.8) is 0 Å². The first kappa shape index (κ1) is 11.3. The number of furan rings is 1. The molecule has 0 aliphatic carbocycles. The summed E-state index contributed by atoms with van der Waals surface area (Å²) in [6.45, 7) is 0.501. The molecule has 0 radical (unpaired) electrons. The van der Waals surface area contributed by atoms with Crippen LogP contribution in [-0.2, 0) is 11.3 Å². The maximum atomic E-state index is 10.9. The summed E-state index contributed by atoms with van der Waals surface area (Å²) in [4.78, 5) is 12.3. The zero-order valence-electron chi connectivity index (χ0n) is 9.04. The largest absolute Gasteiger partial charge is 0.461 e. The third kappa shape index (κ3) is 2.88. The maximum absolute atomic E-state index is 10.9. The van der Waals surface area contributed by atoms with Crippen LogP contribution in [0.1, 0.15) is 12.8 Å². The Kier molecular flexibility index (Phi) is 3.46. The Hall–Kier alpha value is -2.22. The van der Waals surface area contributed by atoms with Crippen molar-refractivity contribution in [1.82, 2.24) is 25.6 Å². The van der Waals surface area contributed by atoms with Crippen LogP contribution in [0.15, 0.2) is 22.8 Å². The number of amides is 1. The van der Waals surface area contributed by atoms with Crippen molar-refractivity contribution in [2.75, 3.05) is 0 Å². The molecule has 0 fully saturated rings. The van der Waals surface area contributed by atoms with E-state index in [1.807, 2.05) is 0 Å². The molecule has 1 amide bonds. The van der Waals surface area contributed by atoms with E-state index in [-0.39, 0.29) is 5.91 Å². The molecule has 90 valence electrons. The number of hydrogen-bond donors (Lipinski definition) is 2. The summed E-state index contributed by atoms with van der Waals surface area (Å²) in [5.41, 5.74) is 2.06. The molecule has 0 aliphatic rings. The van der Waals surface area contributed by atoms with Crippen molar-refractivity contribution in [1.29, 1.82) is 0 Å². The summed E-state index contributed by atoms with van der Waals surface area (Å²) in [5.74, 6) is 5.74. The van der Waals surface area contributed by atoms with Crippen molar-refractivity contribution < 1.29 is 9.21 Å². The summed E-state index contributed by atoms with van der Waals surface area (Å²) in [7, 11) is 0. The smallest absolute Gasteiger partial charge is 0.240 e. The summed E-state index contributed by atoms with van der Waals surface area (Å²) in [5, 5.41) is 11.8. The fraction of sp³-hybridized carbons (Fsp3) is 0.333. The Balaban J connectivity index is 1.89. The highest BCUT2D eigenvalue weighted by Crippen LogP contribution is 2.12. The Morgan fingerprint density at radius 2 is 2.47 bits per heavy atom. The fourth-order valence-electron chi connectivity index (χ4n) is 1.30. The highest BCUT2D eigenvalue weighted by molar-refractivity contribution is 5.74. The number of hydrazine groups is 1. The van der Waals surface area contributed by atoms with Gasteiger partial charge in [0.2, 0.25) is 11.7 Å². The minimum Gasteiger partial charge on any atom is -0.461 e. The Morgan fingerprint density at radius 3 is 3.18 bits per heavy atom. The van der Waals surface area contributed by atoms with E-state index >= 15 is 0 Å². The number of rotatable bonds is 5. The molecule has 0 saturated carbocycles. The average molecular weight is 236 g/mol. The van der Waals surface area contributed by atoms with Crippen LogP contribution in [0, 0.1) is 0 Å². The first-order valence-electron chi connectivity index (χ1n) is 5.10. The van der Waals surface area contributed by atoms with Gasteiger partial charge < -0.3 is 4.42 Å². The van der Waals surface area contributed by atoms with E-state index in [2.05, 4.69) is 20.8 Å². The second-order valence-corrected chi connectivity index (χ2v) is 3.36. The van der Waals surface area contributed by atoms with Crippen molar-refractivity contribution in [3.8, 4) is 11.6 Å². The van der Waals surface area contributed by atoms with Crippen LogP contribution >= 0.6 is 0 Å². The van der Waals surface area contributed by atoms with E-state index in [0.29, 0.717) is 31.0 Å². The SMILES string of the molecule is NNC(=O)CCCn1nnc(-c2ccco2)n1. The molecule has 0 aromatic carbocycles. The van der Waals surface area contributed by atoms with Crippen molar-refractivity contribution >= 4 is 5.91 Å². The molecule has 8 nitrogen and oxygen atoms in total. The summed E-state index contributed by atoms with van der Waals surface area (Å²) < 4.78 is 5.13. The molecule has 2 aromatic rings. The molecular formula is C9H12N6O2.